The lowest BCUT2D eigenvalue weighted by Gasteiger charge is -2.26. The van der Waals surface area contributed by atoms with Crippen molar-refractivity contribution < 1.29 is 17.6 Å². The van der Waals surface area contributed by atoms with Gasteiger partial charge in [0, 0.05) is 24.5 Å². The third-order valence-electron chi connectivity index (χ3n) is 6.30. The Hall–Kier alpha value is -3.24. The maximum atomic E-state index is 13.9. The van der Waals surface area contributed by atoms with Crippen LogP contribution in [0.25, 0.3) is 0 Å². The van der Waals surface area contributed by atoms with E-state index in [1.54, 1.807) is 30.0 Å². The van der Waals surface area contributed by atoms with E-state index in [0.29, 0.717) is 37.2 Å². The van der Waals surface area contributed by atoms with Gasteiger partial charge < -0.3 is 9.80 Å². The first-order valence-corrected chi connectivity index (χ1v) is 12.6. The molecule has 5 rings (SSSR count). The number of hydrogen-bond acceptors (Lipinski definition) is 6. The van der Waals surface area contributed by atoms with E-state index in [2.05, 4.69) is 19.8 Å². The fraction of sp³-hybridized carbons (Fsp3) is 0.261. The zero-order valence-electron chi connectivity index (χ0n) is 18.2. The van der Waals surface area contributed by atoms with Crippen LogP contribution in [0.5, 0.6) is 0 Å². The van der Waals surface area contributed by atoms with Crippen molar-refractivity contribution in [1.29, 1.82) is 0 Å². The van der Waals surface area contributed by atoms with Gasteiger partial charge in [0.25, 0.3) is 10.0 Å². The van der Waals surface area contributed by atoms with Crippen LogP contribution < -0.4 is 14.5 Å². The molecule has 1 aromatic heterocycles. The van der Waals surface area contributed by atoms with Gasteiger partial charge in [0.15, 0.2) is 11.0 Å². The van der Waals surface area contributed by atoms with Crippen LogP contribution in [-0.4, -0.2) is 43.7 Å². The number of anilines is 3. The van der Waals surface area contributed by atoms with E-state index in [4.69, 9.17) is 11.6 Å². The van der Waals surface area contributed by atoms with Gasteiger partial charge in [-0.05, 0) is 79.4 Å². The summed E-state index contributed by atoms with van der Waals surface area (Å²) in [5.74, 6) is -0.236. The fourth-order valence-electron chi connectivity index (χ4n) is 4.56. The minimum atomic E-state index is -3.88. The smallest absolute Gasteiger partial charge is 0.263 e. The van der Waals surface area contributed by atoms with Crippen molar-refractivity contribution in [2.45, 2.75) is 30.7 Å². The molecule has 2 aromatic carbocycles. The van der Waals surface area contributed by atoms with Gasteiger partial charge in [-0.15, -0.1) is 10.2 Å². The minimum Gasteiger partial charge on any atom is -0.359 e. The molecule has 3 heterocycles. The van der Waals surface area contributed by atoms with Gasteiger partial charge >= 0.3 is 0 Å². The summed E-state index contributed by atoms with van der Waals surface area (Å²) in [6.07, 6.45) is 1.34. The number of fused-ring (bicyclic) bond motifs is 1. The largest absolute Gasteiger partial charge is 0.359 e. The number of carbonyl (C=O) groups excluding carboxylic acids is 1. The van der Waals surface area contributed by atoms with Gasteiger partial charge in [-0.2, -0.15) is 0 Å². The van der Waals surface area contributed by atoms with Crippen LogP contribution in [0.15, 0.2) is 53.4 Å². The number of nitrogens with zero attached hydrogens (tertiary/aromatic N) is 4. The van der Waals surface area contributed by atoms with Crippen LogP contribution in [0, 0.1) is 12.7 Å². The summed E-state index contributed by atoms with van der Waals surface area (Å²) >= 11 is 5.68. The predicted molar refractivity (Wildman–Crippen MR) is 127 cm³/mol. The molecule has 0 aliphatic carbocycles. The van der Waals surface area contributed by atoms with Crippen molar-refractivity contribution in [3.05, 3.63) is 70.6 Å². The molecule has 0 unspecified atom stereocenters. The number of benzene rings is 2. The molecule has 1 fully saturated rings. The zero-order chi connectivity index (χ0) is 24.0. The highest BCUT2D eigenvalue weighted by atomic mass is 35.5. The monoisotopic (exact) mass is 501 g/mol. The third-order valence-corrected chi connectivity index (χ3v) is 7.88. The molecule has 2 aliphatic rings. The number of carbonyl (C=O) groups is 1. The van der Waals surface area contributed by atoms with Gasteiger partial charge in [-0.3, -0.25) is 9.52 Å². The number of sulfonamides is 1. The van der Waals surface area contributed by atoms with Crippen LogP contribution in [-0.2, 0) is 21.2 Å². The lowest BCUT2D eigenvalue weighted by Crippen LogP contribution is -2.41. The minimum absolute atomic E-state index is 0.0298. The summed E-state index contributed by atoms with van der Waals surface area (Å²) in [4.78, 5) is 17.0. The highest BCUT2D eigenvalue weighted by molar-refractivity contribution is 7.92. The molecule has 176 valence electrons. The molecule has 0 bridgehead atoms. The molecular formula is C23H21ClFN5O3S. The van der Waals surface area contributed by atoms with Gasteiger partial charge in [0.2, 0.25) is 5.91 Å². The first-order chi connectivity index (χ1) is 16.2. The van der Waals surface area contributed by atoms with Crippen LogP contribution in [0.3, 0.4) is 0 Å². The lowest BCUT2D eigenvalue weighted by molar-refractivity contribution is -0.118. The van der Waals surface area contributed by atoms with E-state index in [0.717, 1.165) is 11.3 Å². The predicted octanol–water partition coefficient (Wildman–Crippen LogP) is 3.55. The second-order valence-corrected chi connectivity index (χ2v) is 10.3. The number of hydrogen-bond donors (Lipinski definition) is 1. The van der Waals surface area contributed by atoms with E-state index < -0.39 is 10.0 Å². The summed E-state index contributed by atoms with van der Waals surface area (Å²) in [7, 11) is -3.88. The standard InChI is InChI=1S/C23H21ClFN5O3S/c1-14-17-10-12-30(19(17)7-6-18(14)25)20-11-13-29(23(20)31)15-2-4-16(5-3-15)34(32,33)28-22-9-8-21(24)26-27-22/h2-9,20H,10-13H2,1H3,(H,27,28)/t20-/m0/s1. The Balaban J connectivity index is 1.32. The summed E-state index contributed by atoms with van der Waals surface area (Å²) in [6.45, 7) is 2.95. The van der Waals surface area contributed by atoms with E-state index in [1.165, 1.54) is 30.3 Å². The van der Waals surface area contributed by atoms with Crippen molar-refractivity contribution in [3.8, 4) is 0 Å². The summed E-state index contributed by atoms with van der Waals surface area (Å²) in [5, 5.41) is 7.47. The van der Waals surface area contributed by atoms with Crippen LogP contribution in [0.1, 0.15) is 17.5 Å². The van der Waals surface area contributed by atoms with Crippen LogP contribution >= 0.6 is 11.6 Å². The highest BCUT2D eigenvalue weighted by Gasteiger charge is 2.39. The number of rotatable bonds is 5. The molecular weight excluding hydrogens is 481 g/mol. The van der Waals surface area contributed by atoms with E-state index >= 15 is 0 Å². The van der Waals surface area contributed by atoms with Crippen molar-refractivity contribution >= 4 is 44.7 Å². The highest BCUT2D eigenvalue weighted by Crippen LogP contribution is 2.36. The molecule has 8 nitrogen and oxygen atoms in total. The average Bonchev–Trinajstić information content (AvgIpc) is 3.41. The van der Waals surface area contributed by atoms with E-state index in [9.17, 15) is 17.6 Å². The van der Waals surface area contributed by atoms with E-state index in [-0.39, 0.29) is 33.6 Å². The number of amides is 1. The van der Waals surface area contributed by atoms with Crippen molar-refractivity contribution in [1.82, 2.24) is 10.2 Å². The summed E-state index contributed by atoms with van der Waals surface area (Å²) in [5.41, 5.74) is 3.13. The Morgan fingerprint density at radius 1 is 1.06 bits per heavy atom. The van der Waals surface area contributed by atoms with Crippen LogP contribution in [0.2, 0.25) is 5.15 Å². The Morgan fingerprint density at radius 2 is 1.82 bits per heavy atom. The van der Waals surface area contributed by atoms with Gasteiger partial charge in [0.1, 0.15) is 11.9 Å². The molecule has 0 spiro atoms. The molecule has 11 heteroatoms. The number of halogens is 2. The van der Waals surface area contributed by atoms with Gasteiger partial charge in [0.05, 0.1) is 4.90 Å². The number of nitrogens with one attached hydrogen (secondary N) is 1. The maximum absolute atomic E-state index is 13.9. The average molecular weight is 502 g/mol. The third kappa shape index (κ3) is 3.97. The lowest BCUT2D eigenvalue weighted by atomic mass is 10.1. The molecule has 1 saturated heterocycles. The van der Waals surface area contributed by atoms with Crippen molar-refractivity contribution in [3.63, 3.8) is 0 Å². The molecule has 1 atom stereocenters. The summed E-state index contributed by atoms with van der Waals surface area (Å²) in [6, 6.07) is 11.8. The van der Waals surface area contributed by atoms with Gasteiger partial charge in [-0.1, -0.05) is 11.6 Å². The van der Waals surface area contributed by atoms with E-state index in [1.807, 2.05) is 0 Å². The Labute approximate surface area is 201 Å². The Morgan fingerprint density at radius 3 is 2.53 bits per heavy atom. The van der Waals surface area contributed by atoms with Crippen molar-refractivity contribution in [2.75, 3.05) is 27.6 Å². The molecule has 0 saturated carbocycles. The SMILES string of the molecule is Cc1c(F)ccc2c1CCN2[C@H]1CCN(c2ccc(S(=O)(=O)Nc3ccc(Cl)nn3)cc2)C1=O. The second-order valence-electron chi connectivity index (χ2n) is 8.25. The maximum Gasteiger partial charge on any atom is 0.263 e. The normalized spacial score (nSPS) is 17.9. The zero-order valence-corrected chi connectivity index (χ0v) is 19.8. The topological polar surface area (TPSA) is 95.5 Å². The fourth-order valence-corrected chi connectivity index (χ4v) is 5.65. The summed E-state index contributed by atoms with van der Waals surface area (Å²) < 4.78 is 41.6. The van der Waals surface area contributed by atoms with Gasteiger partial charge in [-0.25, -0.2) is 12.8 Å². The first-order valence-electron chi connectivity index (χ1n) is 10.7. The molecule has 2 aliphatic heterocycles. The number of aromatic nitrogens is 2. The Bertz CT molecular complexity index is 1370. The molecule has 3 aromatic rings. The second kappa shape index (κ2) is 8.52. The molecule has 34 heavy (non-hydrogen) atoms. The first kappa shape index (κ1) is 22.5. The molecule has 1 amide bonds. The molecule has 1 N–H and O–H groups in total. The molecule has 0 radical (unpaired) electrons. The Kier molecular flexibility index (Phi) is 5.65. The quantitative estimate of drug-likeness (QED) is 0.574. The van der Waals surface area contributed by atoms with Crippen LogP contribution in [0.4, 0.5) is 21.6 Å². The van der Waals surface area contributed by atoms with Crippen molar-refractivity contribution in [2.24, 2.45) is 0 Å².